The number of nitrogens with zero attached hydrogens (tertiary/aromatic N) is 3. The average Bonchev–Trinajstić information content (AvgIpc) is 3.13. The molecule has 0 aliphatic rings. The molecule has 0 unspecified atom stereocenters. The van der Waals surface area contributed by atoms with E-state index in [1.807, 2.05) is 54.6 Å². The number of carbonyl (C=O) groups excluding carboxylic acids is 1. The summed E-state index contributed by atoms with van der Waals surface area (Å²) in [6.07, 6.45) is 3.19. The highest BCUT2D eigenvalue weighted by Crippen LogP contribution is 2.22. The van der Waals surface area contributed by atoms with Crippen molar-refractivity contribution in [3.05, 3.63) is 83.9 Å². The van der Waals surface area contributed by atoms with E-state index in [9.17, 15) is 4.79 Å². The van der Waals surface area contributed by atoms with E-state index in [2.05, 4.69) is 29.2 Å². The van der Waals surface area contributed by atoms with Crippen molar-refractivity contribution < 1.29 is 4.79 Å². The van der Waals surface area contributed by atoms with E-state index >= 15 is 0 Å². The van der Waals surface area contributed by atoms with Gasteiger partial charge in [0.1, 0.15) is 12.7 Å². The first kappa shape index (κ1) is 16.9. The molecule has 25 heavy (non-hydrogen) atoms. The van der Waals surface area contributed by atoms with Crippen LogP contribution in [0.4, 0.5) is 0 Å². The maximum Gasteiger partial charge on any atom is 0.251 e. The Hall–Kier alpha value is -2.95. The molecule has 0 aliphatic carbocycles. The zero-order valence-electron chi connectivity index (χ0n) is 14.5. The Labute approximate surface area is 147 Å². The molecule has 5 heteroatoms. The third-order valence-electron chi connectivity index (χ3n) is 4.14. The van der Waals surface area contributed by atoms with Crippen LogP contribution in [0.3, 0.4) is 0 Å². The van der Waals surface area contributed by atoms with Gasteiger partial charge >= 0.3 is 0 Å². The van der Waals surface area contributed by atoms with Gasteiger partial charge in [0.15, 0.2) is 0 Å². The van der Waals surface area contributed by atoms with Crippen LogP contribution in [0.5, 0.6) is 0 Å². The molecular weight excluding hydrogens is 312 g/mol. The molecule has 128 valence electrons. The van der Waals surface area contributed by atoms with Crippen molar-refractivity contribution >= 4 is 5.91 Å². The fraction of sp³-hybridized carbons (Fsp3) is 0.250. The number of amides is 1. The molecular formula is C20H22N4O. The molecule has 0 fully saturated rings. The van der Waals surface area contributed by atoms with Gasteiger partial charge < -0.3 is 5.32 Å². The Morgan fingerprint density at radius 2 is 1.80 bits per heavy atom. The smallest absolute Gasteiger partial charge is 0.251 e. The van der Waals surface area contributed by atoms with Gasteiger partial charge in [-0.25, -0.2) is 9.67 Å². The van der Waals surface area contributed by atoms with Crippen molar-refractivity contribution in [1.29, 1.82) is 0 Å². The second-order valence-electron chi connectivity index (χ2n) is 6.40. The summed E-state index contributed by atoms with van der Waals surface area (Å²) in [7, 11) is 0. The monoisotopic (exact) mass is 334 g/mol. The molecule has 0 spiro atoms. The van der Waals surface area contributed by atoms with Gasteiger partial charge in [-0.05, 0) is 29.2 Å². The van der Waals surface area contributed by atoms with Crippen molar-refractivity contribution in [2.24, 2.45) is 5.92 Å². The Kier molecular flexibility index (Phi) is 5.23. The minimum atomic E-state index is -0.0603. The Morgan fingerprint density at radius 1 is 1.08 bits per heavy atom. The summed E-state index contributed by atoms with van der Waals surface area (Å²) in [4.78, 5) is 16.6. The number of rotatable bonds is 6. The van der Waals surface area contributed by atoms with Gasteiger partial charge in [-0.3, -0.25) is 4.79 Å². The van der Waals surface area contributed by atoms with Crippen LogP contribution < -0.4 is 5.32 Å². The van der Waals surface area contributed by atoms with E-state index < -0.39 is 0 Å². The van der Waals surface area contributed by atoms with Gasteiger partial charge in [0.05, 0.1) is 12.6 Å². The summed E-state index contributed by atoms with van der Waals surface area (Å²) >= 11 is 0. The predicted octanol–water partition coefficient (Wildman–Crippen LogP) is 3.45. The molecule has 1 aromatic heterocycles. The first-order valence-electron chi connectivity index (χ1n) is 8.40. The Morgan fingerprint density at radius 3 is 2.40 bits per heavy atom. The zero-order chi connectivity index (χ0) is 17.6. The number of carbonyl (C=O) groups is 1. The molecule has 5 nitrogen and oxygen atoms in total. The van der Waals surface area contributed by atoms with E-state index in [0.717, 1.165) is 11.1 Å². The number of aromatic nitrogens is 3. The summed E-state index contributed by atoms with van der Waals surface area (Å²) in [5.41, 5.74) is 2.85. The molecule has 1 amide bonds. The van der Waals surface area contributed by atoms with Gasteiger partial charge in [0.2, 0.25) is 0 Å². The van der Waals surface area contributed by atoms with Crippen LogP contribution in [-0.4, -0.2) is 20.7 Å². The first-order valence-corrected chi connectivity index (χ1v) is 8.40. The maximum absolute atomic E-state index is 12.6. The summed E-state index contributed by atoms with van der Waals surface area (Å²) < 4.78 is 1.75. The molecule has 0 saturated carbocycles. The molecule has 1 heterocycles. The fourth-order valence-corrected chi connectivity index (χ4v) is 2.78. The van der Waals surface area contributed by atoms with Crippen LogP contribution in [0.1, 0.15) is 41.4 Å². The van der Waals surface area contributed by atoms with Crippen molar-refractivity contribution in [1.82, 2.24) is 20.1 Å². The van der Waals surface area contributed by atoms with Crippen LogP contribution in [0.2, 0.25) is 0 Å². The van der Waals surface area contributed by atoms with Crippen molar-refractivity contribution in [3.8, 4) is 0 Å². The molecule has 2 aromatic carbocycles. The number of hydrogen-bond donors (Lipinski definition) is 1. The standard InChI is InChI=1S/C20H22N4O/c1-15(2)19(17-6-4-3-5-7-17)23-20(25)18-10-8-16(9-11-18)12-24-14-21-13-22-24/h3-11,13-15,19H,12H2,1-2H3,(H,23,25)/t19-/m1/s1. The number of nitrogens with one attached hydrogen (secondary N) is 1. The highest BCUT2D eigenvalue weighted by Gasteiger charge is 2.18. The summed E-state index contributed by atoms with van der Waals surface area (Å²) in [6.45, 7) is 4.86. The SMILES string of the molecule is CC(C)[C@@H](NC(=O)c1ccc(Cn2cncn2)cc1)c1ccccc1. The molecule has 0 aliphatic heterocycles. The van der Waals surface area contributed by atoms with Crippen LogP contribution in [0.25, 0.3) is 0 Å². The average molecular weight is 334 g/mol. The van der Waals surface area contributed by atoms with Gasteiger partial charge in [0.25, 0.3) is 5.91 Å². The van der Waals surface area contributed by atoms with E-state index in [4.69, 9.17) is 0 Å². The molecule has 3 rings (SSSR count). The maximum atomic E-state index is 12.6. The van der Waals surface area contributed by atoms with Gasteiger partial charge in [0, 0.05) is 5.56 Å². The zero-order valence-corrected chi connectivity index (χ0v) is 14.5. The van der Waals surface area contributed by atoms with Crippen LogP contribution in [0.15, 0.2) is 67.3 Å². The lowest BCUT2D eigenvalue weighted by Gasteiger charge is -2.23. The lowest BCUT2D eigenvalue weighted by atomic mass is 9.95. The molecule has 0 saturated heterocycles. The van der Waals surface area contributed by atoms with Crippen molar-refractivity contribution in [3.63, 3.8) is 0 Å². The van der Waals surface area contributed by atoms with Gasteiger partial charge in [-0.2, -0.15) is 5.10 Å². The van der Waals surface area contributed by atoms with Crippen LogP contribution in [-0.2, 0) is 6.54 Å². The summed E-state index contributed by atoms with van der Waals surface area (Å²) in [5, 5.41) is 7.24. The lowest BCUT2D eigenvalue weighted by Crippen LogP contribution is -2.31. The second kappa shape index (κ2) is 7.75. The van der Waals surface area contributed by atoms with E-state index in [1.54, 1.807) is 11.0 Å². The molecule has 0 radical (unpaired) electrons. The summed E-state index contributed by atoms with van der Waals surface area (Å²) in [6, 6.07) is 17.7. The first-order chi connectivity index (χ1) is 12.1. The Balaban J connectivity index is 1.69. The minimum Gasteiger partial charge on any atom is -0.345 e. The molecule has 0 bridgehead atoms. The van der Waals surface area contributed by atoms with Crippen molar-refractivity contribution in [2.45, 2.75) is 26.4 Å². The quantitative estimate of drug-likeness (QED) is 0.751. The topological polar surface area (TPSA) is 59.8 Å². The van der Waals surface area contributed by atoms with E-state index in [0.29, 0.717) is 18.0 Å². The molecule has 1 atom stereocenters. The normalized spacial score (nSPS) is 12.1. The highest BCUT2D eigenvalue weighted by molar-refractivity contribution is 5.94. The third-order valence-corrected chi connectivity index (χ3v) is 4.14. The Bertz CT molecular complexity index is 795. The lowest BCUT2D eigenvalue weighted by molar-refractivity contribution is 0.0925. The number of benzene rings is 2. The van der Waals surface area contributed by atoms with Gasteiger partial charge in [-0.15, -0.1) is 0 Å². The second-order valence-corrected chi connectivity index (χ2v) is 6.40. The molecule has 1 N–H and O–H groups in total. The van der Waals surface area contributed by atoms with E-state index in [1.165, 1.54) is 6.33 Å². The van der Waals surface area contributed by atoms with Crippen LogP contribution in [0, 0.1) is 5.92 Å². The minimum absolute atomic E-state index is 0.0106. The fourth-order valence-electron chi connectivity index (χ4n) is 2.78. The number of hydrogen-bond acceptors (Lipinski definition) is 3. The summed E-state index contributed by atoms with van der Waals surface area (Å²) in [5.74, 6) is 0.243. The largest absolute Gasteiger partial charge is 0.345 e. The predicted molar refractivity (Wildman–Crippen MR) is 97.1 cm³/mol. The highest BCUT2D eigenvalue weighted by atomic mass is 16.1. The van der Waals surface area contributed by atoms with Crippen LogP contribution >= 0.6 is 0 Å². The van der Waals surface area contributed by atoms with Gasteiger partial charge in [-0.1, -0.05) is 56.3 Å². The van der Waals surface area contributed by atoms with Crippen molar-refractivity contribution in [2.75, 3.05) is 0 Å². The molecule has 3 aromatic rings. The third kappa shape index (κ3) is 4.32. The van der Waals surface area contributed by atoms with E-state index in [-0.39, 0.29) is 11.9 Å².